The summed E-state index contributed by atoms with van der Waals surface area (Å²) in [7, 11) is 1.90. The molecule has 0 atom stereocenters. The van der Waals surface area contributed by atoms with Gasteiger partial charge in [0.25, 0.3) is 0 Å². The molecule has 0 saturated heterocycles. The highest BCUT2D eigenvalue weighted by Gasteiger charge is 1.92. The first-order valence-corrected chi connectivity index (χ1v) is 4.84. The van der Waals surface area contributed by atoms with Crippen molar-refractivity contribution in [2.75, 3.05) is 7.05 Å². The molecule has 0 aliphatic carbocycles. The van der Waals surface area contributed by atoms with Gasteiger partial charge in [-0.3, -0.25) is 4.79 Å². The Labute approximate surface area is 89.4 Å². The van der Waals surface area contributed by atoms with Crippen LogP contribution in [0.15, 0.2) is 30.3 Å². The molecule has 2 N–H and O–H groups in total. The van der Waals surface area contributed by atoms with Crippen molar-refractivity contribution in [2.24, 2.45) is 0 Å². The highest BCUT2D eigenvalue weighted by Crippen LogP contribution is 2.06. The Kier molecular flexibility index (Phi) is 4.57. The van der Waals surface area contributed by atoms with Crippen LogP contribution in [0.1, 0.15) is 17.5 Å². The van der Waals surface area contributed by atoms with Gasteiger partial charge in [0.1, 0.15) is 0 Å². The van der Waals surface area contributed by atoms with Gasteiger partial charge in [-0.25, -0.2) is 0 Å². The van der Waals surface area contributed by atoms with Crippen molar-refractivity contribution in [3.8, 4) is 0 Å². The van der Waals surface area contributed by atoms with Crippen LogP contribution < -0.4 is 5.32 Å². The monoisotopic (exact) mass is 205 g/mol. The summed E-state index contributed by atoms with van der Waals surface area (Å²) in [5.74, 6) is -0.807. The molecule has 1 aromatic rings. The van der Waals surface area contributed by atoms with Gasteiger partial charge in [0, 0.05) is 6.54 Å². The molecule has 0 saturated carbocycles. The van der Waals surface area contributed by atoms with E-state index < -0.39 is 5.97 Å². The molecule has 0 aliphatic heterocycles. The lowest BCUT2D eigenvalue weighted by atomic mass is 10.1. The minimum atomic E-state index is -0.807. The number of carboxylic acid groups (broad SMARTS) is 1. The molecule has 0 spiro atoms. The molecule has 0 unspecified atom stereocenters. The number of carbonyl (C=O) groups is 1. The van der Waals surface area contributed by atoms with Gasteiger partial charge in [0.05, 0.1) is 6.42 Å². The summed E-state index contributed by atoms with van der Waals surface area (Å²) >= 11 is 0. The molecule has 0 aliphatic rings. The average Bonchev–Trinajstić information content (AvgIpc) is 2.20. The number of hydrogen-bond donors (Lipinski definition) is 2. The zero-order valence-electron chi connectivity index (χ0n) is 8.73. The zero-order chi connectivity index (χ0) is 11.1. The predicted molar refractivity (Wildman–Crippen MR) is 60.5 cm³/mol. The van der Waals surface area contributed by atoms with E-state index >= 15 is 0 Å². The van der Waals surface area contributed by atoms with E-state index in [1.807, 2.05) is 37.4 Å². The summed E-state index contributed by atoms with van der Waals surface area (Å²) in [6, 6.07) is 8.00. The van der Waals surface area contributed by atoms with Gasteiger partial charge >= 0.3 is 5.97 Å². The molecule has 80 valence electrons. The van der Waals surface area contributed by atoms with Gasteiger partial charge in [-0.2, -0.15) is 0 Å². The third kappa shape index (κ3) is 4.42. The molecule has 0 bridgehead atoms. The molecule has 1 rings (SSSR count). The first-order chi connectivity index (χ1) is 7.22. The number of benzene rings is 1. The van der Waals surface area contributed by atoms with E-state index in [9.17, 15) is 4.79 Å². The number of carboxylic acids is 1. The van der Waals surface area contributed by atoms with Crippen molar-refractivity contribution < 1.29 is 9.90 Å². The molecule has 3 heteroatoms. The fraction of sp³-hybridized carbons (Fsp3) is 0.250. The molecule has 15 heavy (non-hydrogen) atoms. The van der Waals surface area contributed by atoms with E-state index in [1.165, 1.54) is 5.56 Å². The first-order valence-electron chi connectivity index (χ1n) is 4.84. The van der Waals surface area contributed by atoms with Crippen LogP contribution in [0.4, 0.5) is 0 Å². The summed E-state index contributed by atoms with van der Waals surface area (Å²) in [4.78, 5) is 10.3. The van der Waals surface area contributed by atoms with Crippen molar-refractivity contribution in [1.82, 2.24) is 5.32 Å². The minimum Gasteiger partial charge on any atom is -0.481 e. The number of aliphatic carboxylic acids is 1. The second kappa shape index (κ2) is 5.98. The van der Waals surface area contributed by atoms with E-state index in [-0.39, 0.29) is 6.42 Å². The molecular weight excluding hydrogens is 190 g/mol. The standard InChI is InChI=1S/C12H15NO2/c1-13-9-11-7-5-10(6-8-11)3-2-4-12(14)15/h2-3,5-8,13H,4,9H2,1H3,(H,14,15). The molecule has 0 amide bonds. The maximum Gasteiger partial charge on any atom is 0.307 e. The van der Waals surface area contributed by atoms with E-state index in [1.54, 1.807) is 6.08 Å². The normalized spacial score (nSPS) is 10.7. The third-order valence-corrected chi connectivity index (χ3v) is 1.96. The quantitative estimate of drug-likeness (QED) is 0.771. The van der Waals surface area contributed by atoms with Crippen molar-refractivity contribution in [2.45, 2.75) is 13.0 Å². The van der Waals surface area contributed by atoms with Crippen LogP contribution in [-0.2, 0) is 11.3 Å². The molecule has 1 aromatic carbocycles. The second-order valence-corrected chi connectivity index (χ2v) is 3.27. The summed E-state index contributed by atoms with van der Waals surface area (Å²) < 4.78 is 0. The van der Waals surface area contributed by atoms with Crippen molar-refractivity contribution in [1.29, 1.82) is 0 Å². The van der Waals surface area contributed by atoms with E-state index in [2.05, 4.69) is 5.32 Å². The molecule has 3 nitrogen and oxygen atoms in total. The smallest absolute Gasteiger partial charge is 0.307 e. The first kappa shape index (κ1) is 11.5. The predicted octanol–water partition coefficient (Wildman–Crippen LogP) is 1.89. The fourth-order valence-electron chi connectivity index (χ4n) is 1.25. The number of rotatable bonds is 5. The minimum absolute atomic E-state index is 0.0677. The third-order valence-electron chi connectivity index (χ3n) is 1.96. The van der Waals surface area contributed by atoms with Crippen LogP contribution in [0.5, 0.6) is 0 Å². The van der Waals surface area contributed by atoms with Crippen LogP contribution in [0.25, 0.3) is 6.08 Å². The highest BCUT2D eigenvalue weighted by atomic mass is 16.4. The second-order valence-electron chi connectivity index (χ2n) is 3.27. The van der Waals surface area contributed by atoms with Gasteiger partial charge in [0.2, 0.25) is 0 Å². The van der Waals surface area contributed by atoms with Gasteiger partial charge in [-0.1, -0.05) is 36.4 Å². The van der Waals surface area contributed by atoms with E-state index in [4.69, 9.17) is 5.11 Å². The Balaban J connectivity index is 2.56. The Hall–Kier alpha value is -1.61. The van der Waals surface area contributed by atoms with Gasteiger partial charge in [-0.15, -0.1) is 0 Å². The van der Waals surface area contributed by atoms with E-state index in [0.717, 1.165) is 12.1 Å². The summed E-state index contributed by atoms with van der Waals surface area (Å²) in [6.07, 6.45) is 3.53. The number of nitrogens with one attached hydrogen (secondary N) is 1. The molecule has 0 radical (unpaired) electrons. The Bertz CT molecular complexity index is 341. The molecule has 0 aromatic heterocycles. The lowest BCUT2D eigenvalue weighted by Gasteiger charge is -1.99. The van der Waals surface area contributed by atoms with Crippen molar-refractivity contribution in [3.05, 3.63) is 41.5 Å². The van der Waals surface area contributed by atoms with E-state index in [0.29, 0.717) is 0 Å². The Morgan fingerprint density at radius 1 is 1.40 bits per heavy atom. The largest absolute Gasteiger partial charge is 0.481 e. The van der Waals surface area contributed by atoms with Gasteiger partial charge in [0.15, 0.2) is 0 Å². The fourth-order valence-corrected chi connectivity index (χ4v) is 1.25. The highest BCUT2D eigenvalue weighted by molar-refractivity contribution is 5.70. The lowest BCUT2D eigenvalue weighted by Crippen LogP contribution is -2.04. The average molecular weight is 205 g/mol. The summed E-state index contributed by atoms with van der Waals surface area (Å²) in [5.41, 5.74) is 2.24. The molecule has 0 fully saturated rings. The van der Waals surface area contributed by atoms with Crippen LogP contribution in [0.3, 0.4) is 0 Å². The zero-order valence-corrected chi connectivity index (χ0v) is 8.73. The van der Waals surface area contributed by atoms with Gasteiger partial charge < -0.3 is 10.4 Å². The van der Waals surface area contributed by atoms with Gasteiger partial charge in [-0.05, 0) is 18.2 Å². The molecular formula is C12H15NO2. The Morgan fingerprint density at radius 2 is 2.07 bits per heavy atom. The van der Waals surface area contributed by atoms with Crippen LogP contribution in [0.2, 0.25) is 0 Å². The maximum atomic E-state index is 10.3. The Morgan fingerprint density at radius 3 is 2.60 bits per heavy atom. The topological polar surface area (TPSA) is 49.3 Å². The van der Waals surface area contributed by atoms with Crippen molar-refractivity contribution in [3.63, 3.8) is 0 Å². The summed E-state index contributed by atoms with van der Waals surface area (Å²) in [6.45, 7) is 0.846. The van der Waals surface area contributed by atoms with Crippen LogP contribution >= 0.6 is 0 Å². The summed E-state index contributed by atoms with van der Waals surface area (Å²) in [5, 5.41) is 11.5. The SMILES string of the molecule is CNCc1ccc(C=CCC(=O)O)cc1. The van der Waals surface area contributed by atoms with Crippen LogP contribution in [0, 0.1) is 0 Å². The van der Waals surface area contributed by atoms with Crippen LogP contribution in [-0.4, -0.2) is 18.1 Å². The maximum absolute atomic E-state index is 10.3. The number of hydrogen-bond acceptors (Lipinski definition) is 2. The lowest BCUT2D eigenvalue weighted by molar-refractivity contribution is -0.135. The van der Waals surface area contributed by atoms with Crippen molar-refractivity contribution >= 4 is 12.0 Å². The molecule has 0 heterocycles.